The molecule has 2 heterocycles. The summed E-state index contributed by atoms with van der Waals surface area (Å²) in [6.07, 6.45) is 6.70. The van der Waals surface area contributed by atoms with Crippen LogP contribution in [0.15, 0.2) is 0 Å². The van der Waals surface area contributed by atoms with Crippen molar-refractivity contribution in [2.75, 3.05) is 37.7 Å². The molecule has 0 aromatic carbocycles. The van der Waals surface area contributed by atoms with Crippen LogP contribution in [0.2, 0.25) is 0 Å². The summed E-state index contributed by atoms with van der Waals surface area (Å²) in [5, 5.41) is 9.68. The van der Waals surface area contributed by atoms with E-state index in [0.29, 0.717) is 24.8 Å². The lowest BCUT2D eigenvalue weighted by Gasteiger charge is -2.32. The highest BCUT2D eigenvalue weighted by atomic mass is 32.2. The molecular formula is C15H28N2O5S2. The first-order valence-electron chi connectivity index (χ1n) is 8.92. The minimum atomic E-state index is -3.70. The van der Waals surface area contributed by atoms with Crippen LogP contribution in [-0.2, 0) is 20.0 Å². The molecule has 140 valence electrons. The fraction of sp³-hybridized carbons (Fsp3) is 1.00. The third-order valence-electron chi connectivity index (χ3n) is 5.85. The maximum absolute atomic E-state index is 12.9. The Morgan fingerprint density at radius 3 is 2.21 bits per heavy atom. The minimum Gasteiger partial charge on any atom is -0.395 e. The van der Waals surface area contributed by atoms with E-state index < -0.39 is 20.0 Å². The average Bonchev–Trinajstić information content (AvgIpc) is 3.00. The first-order valence-corrected chi connectivity index (χ1v) is 12.1. The smallest absolute Gasteiger partial charge is 0.282 e. The average molecular weight is 381 g/mol. The fourth-order valence-electron chi connectivity index (χ4n) is 4.39. The number of aliphatic hydroxyl groups is 1. The van der Waals surface area contributed by atoms with Crippen molar-refractivity contribution in [3.63, 3.8) is 0 Å². The Morgan fingerprint density at radius 1 is 1.00 bits per heavy atom. The lowest BCUT2D eigenvalue weighted by atomic mass is 9.79. The van der Waals surface area contributed by atoms with Crippen LogP contribution in [-0.4, -0.2) is 74.3 Å². The van der Waals surface area contributed by atoms with Crippen molar-refractivity contribution in [1.29, 1.82) is 0 Å². The van der Waals surface area contributed by atoms with E-state index in [0.717, 1.165) is 12.8 Å². The lowest BCUT2D eigenvalue weighted by molar-refractivity contribution is 0.205. The SMILES string of the molecule is O=S1(=O)CCN(S(=O)(=O)N2CC(C3CCCCC3)C[C@H]2CO)CC1. The third-order valence-corrected chi connectivity index (χ3v) is 9.52. The summed E-state index contributed by atoms with van der Waals surface area (Å²) in [6, 6.07) is -0.375. The second-order valence-electron chi connectivity index (χ2n) is 7.36. The summed E-state index contributed by atoms with van der Waals surface area (Å²) in [5.41, 5.74) is 0. The monoisotopic (exact) mass is 380 g/mol. The molecule has 2 atom stereocenters. The Kier molecular flexibility index (Phi) is 5.56. The summed E-state index contributed by atoms with van der Waals surface area (Å²) >= 11 is 0. The Morgan fingerprint density at radius 2 is 1.62 bits per heavy atom. The van der Waals surface area contributed by atoms with Crippen LogP contribution in [0.25, 0.3) is 0 Å². The molecule has 2 aliphatic heterocycles. The highest BCUT2D eigenvalue weighted by Crippen LogP contribution is 2.38. The van der Waals surface area contributed by atoms with Crippen LogP contribution >= 0.6 is 0 Å². The molecule has 0 bridgehead atoms. The number of aliphatic hydroxyl groups excluding tert-OH is 1. The molecule has 0 aromatic heterocycles. The van der Waals surface area contributed by atoms with Crippen LogP contribution in [0.4, 0.5) is 0 Å². The van der Waals surface area contributed by atoms with Crippen LogP contribution in [0.3, 0.4) is 0 Å². The highest BCUT2D eigenvalue weighted by molar-refractivity contribution is 7.91. The molecule has 1 saturated carbocycles. The van der Waals surface area contributed by atoms with Gasteiger partial charge in [-0.25, -0.2) is 8.42 Å². The summed E-state index contributed by atoms with van der Waals surface area (Å²) in [7, 11) is -6.82. The van der Waals surface area contributed by atoms with Crippen molar-refractivity contribution in [1.82, 2.24) is 8.61 Å². The zero-order chi connectivity index (χ0) is 17.4. The van der Waals surface area contributed by atoms with Gasteiger partial charge in [0.25, 0.3) is 10.2 Å². The van der Waals surface area contributed by atoms with Crippen LogP contribution in [0.1, 0.15) is 38.5 Å². The summed E-state index contributed by atoms with van der Waals surface area (Å²) in [4.78, 5) is 0. The van der Waals surface area contributed by atoms with Gasteiger partial charge in [-0.15, -0.1) is 0 Å². The summed E-state index contributed by atoms with van der Waals surface area (Å²) < 4.78 is 51.7. The highest BCUT2D eigenvalue weighted by Gasteiger charge is 2.45. The van der Waals surface area contributed by atoms with E-state index in [1.165, 1.54) is 27.9 Å². The van der Waals surface area contributed by atoms with E-state index in [9.17, 15) is 21.9 Å². The third kappa shape index (κ3) is 3.80. The molecule has 0 aromatic rings. The standard InChI is InChI=1S/C15H28N2O5S2/c18-12-15-10-14(13-4-2-1-3-5-13)11-17(15)24(21,22)16-6-8-23(19,20)9-7-16/h13-15,18H,1-12H2/t14?,15-/m0/s1. The molecule has 0 radical (unpaired) electrons. The molecule has 9 heteroatoms. The zero-order valence-corrected chi connectivity index (χ0v) is 15.6. The predicted octanol–water partition coefficient (Wildman–Crippen LogP) is 0.225. The summed E-state index contributed by atoms with van der Waals surface area (Å²) in [5.74, 6) is 0.631. The number of sulfone groups is 1. The largest absolute Gasteiger partial charge is 0.395 e. The molecule has 7 nitrogen and oxygen atoms in total. The quantitative estimate of drug-likeness (QED) is 0.753. The van der Waals surface area contributed by atoms with Crippen LogP contribution in [0.5, 0.6) is 0 Å². The molecule has 3 rings (SSSR count). The van der Waals surface area contributed by atoms with Gasteiger partial charge in [-0.05, 0) is 18.3 Å². The van der Waals surface area contributed by atoms with Gasteiger partial charge < -0.3 is 5.11 Å². The Balaban J connectivity index is 1.71. The van der Waals surface area contributed by atoms with Gasteiger partial charge in [-0.1, -0.05) is 32.1 Å². The molecule has 1 unspecified atom stereocenters. The summed E-state index contributed by atoms with van der Waals surface area (Å²) in [6.45, 7) is 0.330. The van der Waals surface area contributed by atoms with Gasteiger partial charge in [0, 0.05) is 25.7 Å². The van der Waals surface area contributed by atoms with Gasteiger partial charge in [-0.3, -0.25) is 0 Å². The van der Waals surface area contributed by atoms with E-state index in [2.05, 4.69) is 0 Å². The molecule has 0 spiro atoms. The van der Waals surface area contributed by atoms with Crippen molar-refractivity contribution >= 4 is 20.0 Å². The Hall–Kier alpha value is -0.220. The van der Waals surface area contributed by atoms with Gasteiger partial charge in [0.15, 0.2) is 9.84 Å². The van der Waals surface area contributed by atoms with Gasteiger partial charge in [0.05, 0.1) is 18.1 Å². The van der Waals surface area contributed by atoms with E-state index in [4.69, 9.17) is 0 Å². The second kappa shape index (κ2) is 7.19. The van der Waals surface area contributed by atoms with Gasteiger partial charge in [0.2, 0.25) is 0 Å². The topological polar surface area (TPSA) is 95.0 Å². The second-order valence-corrected chi connectivity index (χ2v) is 11.5. The van der Waals surface area contributed by atoms with E-state index in [-0.39, 0.29) is 37.2 Å². The van der Waals surface area contributed by atoms with E-state index in [1.807, 2.05) is 0 Å². The van der Waals surface area contributed by atoms with Crippen molar-refractivity contribution in [3.05, 3.63) is 0 Å². The van der Waals surface area contributed by atoms with Gasteiger partial charge in [-0.2, -0.15) is 17.0 Å². The first-order chi connectivity index (χ1) is 11.3. The number of hydrogen-bond donors (Lipinski definition) is 1. The van der Waals surface area contributed by atoms with Crippen molar-refractivity contribution in [2.45, 2.75) is 44.6 Å². The Bertz CT molecular complexity index is 629. The zero-order valence-electron chi connectivity index (χ0n) is 14.0. The molecule has 2 saturated heterocycles. The first kappa shape index (κ1) is 18.6. The maximum Gasteiger partial charge on any atom is 0.282 e. The molecule has 0 amide bonds. The molecule has 3 fully saturated rings. The predicted molar refractivity (Wildman–Crippen MR) is 91.4 cm³/mol. The number of rotatable bonds is 4. The van der Waals surface area contributed by atoms with E-state index >= 15 is 0 Å². The molecule has 24 heavy (non-hydrogen) atoms. The Labute approximate surface area is 145 Å². The fourth-order valence-corrected chi connectivity index (χ4v) is 7.67. The maximum atomic E-state index is 12.9. The van der Waals surface area contributed by atoms with Gasteiger partial charge >= 0.3 is 0 Å². The van der Waals surface area contributed by atoms with Gasteiger partial charge in [0.1, 0.15) is 0 Å². The molecular weight excluding hydrogens is 352 g/mol. The van der Waals surface area contributed by atoms with Crippen molar-refractivity contribution in [2.24, 2.45) is 11.8 Å². The lowest BCUT2D eigenvalue weighted by Crippen LogP contribution is -2.52. The van der Waals surface area contributed by atoms with Crippen LogP contribution < -0.4 is 0 Å². The van der Waals surface area contributed by atoms with Crippen molar-refractivity contribution < 1.29 is 21.9 Å². The van der Waals surface area contributed by atoms with Crippen LogP contribution in [0, 0.1) is 11.8 Å². The molecule has 1 aliphatic carbocycles. The molecule has 3 aliphatic rings. The number of nitrogens with zero attached hydrogens (tertiary/aromatic N) is 2. The van der Waals surface area contributed by atoms with Crippen molar-refractivity contribution in [3.8, 4) is 0 Å². The number of hydrogen-bond acceptors (Lipinski definition) is 5. The van der Waals surface area contributed by atoms with E-state index in [1.54, 1.807) is 0 Å². The minimum absolute atomic E-state index is 0.0212. The molecule has 1 N–H and O–H groups in total. The normalized spacial score (nSPS) is 33.7.